The second-order valence-electron chi connectivity index (χ2n) is 5.32. The van der Waals surface area contributed by atoms with Crippen LogP contribution in [0.1, 0.15) is 18.4 Å². The Kier molecular flexibility index (Phi) is 3.88. The molecule has 3 rings (SSSR count). The normalized spacial score (nSPS) is 22.3. The molecule has 8 heteroatoms. The molecule has 2 aliphatic heterocycles. The molecule has 1 aromatic carbocycles. The predicted octanol–water partition coefficient (Wildman–Crippen LogP) is -0.325. The maximum atomic E-state index is 12.2. The molecule has 1 atom stereocenters. The molecule has 22 heavy (non-hydrogen) atoms. The number of rotatable bonds is 3. The number of nitrogens with two attached hydrogens (primary N) is 1. The van der Waals surface area contributed by atoms with E-state index in [1.54, 1.807) is 29.2 Å². The van der Waals surface area contributed by atoms with Gasteiger partial charge in [0.05, 0.1) is 0 Å². The van der Waals surface area contributed by atoms with E-state index in [1.807, 2.05) is 0 Å². The van der Waals surface area contributed by atoms with Crippen LogP contribution in [0.3, 0.4) is 0 Å². The number of carbonyl (C=O) groups excluding carboxylic acids is 1. The number of likely N-dealkylation sites (tertiary alicyclic amines) is 1. The Morgan fingerprint density at radius 1 is 1.41 bits per heavy atom. The van der Waals surface area contributed by atoms with Gasteiger partial charge in [0.15, 0.2) is 5.84 Å². The number of amidine groups is 1. The number of carbonyl (C=O) groups is 1. The summed E-state index contributed by atoms with van der Waals surface area (Å²) in [5.41, 5.74) is 5.97. The molecule has 1 aromatic rings. The SMILES string of the molecule is NCCNC(=O)C1CCCN1C1=NS(=O)(=O)c2ccccc21. The van der Waals surface area contributed by atoms with E-state index in [-0.39, 0.29) is 10.8 Å². The van der Waals surface area contributed by atoms with E-state index in [9.17, 15) is 13.2 Å². The molecule has 0 radical (unpaired) electrons. The highest BCUT2D eigenvalue weighted by Crippen LogP contribution is 2.30. The molecule has 118 valence electrons. The molecule has 1 amide bonds. The van der Waals surface area contributed by atoms with Crippen molar-refractivity contribution in [3.05, 3.63) is 29.8 Å². The Labute approximate surface area is 129 Å². The Morgan fingerprint density at radius 3 is 2.95 bits per heavy atom. The van der Waals surface area contributed by atoms with Gasteiger partial charge in [-0.25, -0.2) is 0 Å². The van der Waals surface area contributed by atoms with Crippen molar-refractivity contribution in [2.24, 2.45) is 10.1 Å². The van der Waals surface area contributed by atoms with Gasteiger partial charge < -0.3 is 16.0 Å². The minimum atomic E-state index is -3.66. The van der Waals surface area contributed by atoms with Crippen molar-refractivity contribution < 1.29 is 13.2 Å². The summed E-state index contributed by atoms with van der Waals surface area (Å²) in [6, 6.07) is 6.32. The van der Waals surface area contributed by atoms with Crippen LogP contribution in [0.2, 0.25) is 0 Å². The molecular weight excluding hydrogens is 304 g/mol. The van der Waals surface area contributed by atoms with Crippen LogP contribution in [-0.4, -0.2) is 50.7 Å². The zero-order valence-corrected chi connectivity index (χ0v) is 12.8. The number of hydrogen-bond acceptors (Lipinski definition) is 5. The van der Waals surface area contributed by atoms with Crippen LogP contribution < -0.4 is 11.1 Å². The summed E-state index contributed by atoms with van der Waals surface area (Å²) in [6.45, 7) is 1.39. The molecule has 1 fully saturated rings. The first-order chi connectivity index (χ1) is 10.5. The van der Waals surface area contributed by atoms with Gasteiger partial charge in [0.1, 0.15) is 10.9 Å². The number of nitrogens with one attached hydrogen (secondary N) is 1. The molecule has 0 saturated carbocycles. The number of hydrogen-bond donors (Lipinski definition) is 2. The summed E-state index contributed by atoms with van der Waals surface area (Å²) < 4.78 is 28.2. The van der Waals surface area contributed by atoms with Crippen LogP contribution in [-0.2, 0) is 14.8 Å². The summed E-state index contributed by atoms with van der Waals surface area (Å²) in [5, 5.41) is 2.76. The van der Waals surface area contributed by atoms with Crippen molar-refractivity contribution in [2.75, 3.05) is 19.6 Å². The first-order valence-corrected chi connectivity index (χ1v) is 8.67. The van der Waals surface area contributed by atoms with Gasteiger partial charge in [-0.3, -0.25) is 4.79 Å². The molecule has 1 saturated heterocycles. The molecule has 2 aliphatic rings. The van der Waals surface area contributed by atoms with Crippen molar-refractivity contribution in [3.8, 4) is 0 Å². The first kappa shape index (κ1) is 15.0. The van der Waals surface area contributed by atoms with Crippen LogP contribution in [0.15, 0.2) is 33.6 Å². The fourth-order valence-corrected chi connectivity index (χ4v) is 4.12. The highest BCUT2D eigenvalue weighted by Gasteiger charge is 2.38. The minimum absolute atomic E-state index is 0.132. The van der Waals surface area contributed by atoms with E-state index in [2.05, 4.69) is 9.71 Å². The van der Waals surface area contributed by atoms with Crippen LogP contribution >= 0.6 is 0 Å². The third-order valence-electron chi connectivity index (χ3n) is 3.88. The van der Waals surface area contributed by atoms with Gasteiger partial charge in [-0.15, -0.1) is 4.40 Å². The van der Waals surface area contributed by atoms with E-state index in [0.29, 0.717) is 37.5 Å². The van der Waals surface area contributed by atoms with Gasteiger partial charge >= 0.3 is 0 Å². The zero-order chi connectivity index (χ0) is 15.7. The second kappa shape index (κ2) is 5.69. The Balaban J connectivity index is 1.92. The average molecular weight is 322 g/mol. The van der Waals surface area contributed by atoms with Crippen molar-refractivity contribution in [3.63, 3.8) is 0 Å². The average Bonchev–Trinajstić information content (AvgIpc) is 3.08. The molecule has 0 aliphatic carbocycles. The van der Waals surface area contributed by atoms with E-state index in [1.165, 1.54) is 0 Å². The third kappa shape index (κ3) is 2.48. The van der Waals surface area contributed by atoms with Gasteiger partial charge in [0.25, 0.3) is 10.0 Å². The third-order valence-corrected chi connectivity index (χ3v) is 5.21. The van der Waals surface area contributed by atoms with Crippen molar-refractivity contribution in [1.29, 1.82) is 0 Å². The van der Waals surface area contributed by atoms with Gasteiger partial charge in [-0.05, 0) is 25.0 Å². The second-order valence-corrected chi connectivity index (χ2v) is 6.89. The van der Waals surface area contributed by atoms with Crippen molar-refractivity contribution in [2.45, 2.75) is 23.8 Å². The zero-order valence-electron chi connectivity index (χ0n) is 12.0. The molecule has 3 N–H and O–H groups in total. The molecule has 1 unspecified atom stereocenters. The minimum Gasteiger partial charge on any atom is -0.353 e. The van der Waals surface area contributed by atoms with Crippen molar-refractivity contribution in [1.82, 2.24) is 10.2 Å². The van der Waals surface area contributed by atoms with Crippen LogP contribution in [0, 0.1) is 0 Å². The lowest BCUT2D eigenvalue weighted by Crippen LogP contribution is -2.46. The van der Waals surface area contributed by atoms with E-state index >= 15 is 0 Å². The maximum Gasteiger partial charge on any atom is 0.285 e. The molecule has 0 bridgehead atoms. The number of nitrogens with zero attached hydrogens (tertiary/aromatic N) is 2. The van der Waals surface area contributed by atoms with E-state index in [0.717, 1.165) is 6.42 Å². The lowest BCUT2D eigenvalue weighted by Gasteiger charge is -2.25. The Morgan fingerprint density at radius 2 is 2.18 bits per heavy atom. The van der Waals surface area contributed by atoms with E-state index < -0.39 is 16.1 Å². The lowest BCUT2D eigenvalue weighted by atomic mass is 10.1. The van der Waals surface area contributed by atoms with Crippen LogP contribution in [0.25, 0.3) is 0 Å². The van der Waals surface area contributed by atoms with Gasteiger partial charge in [-0.1, -0.05) is 12.1 Å². The summed E-state index contributed by atoms with van der Waals surface area (Å²) in [6.07, 6.45) is 1.50. The monoisotopic (exact) mass is 322 g/mol. The number of benzene rings is 1. The fraction of sp³-hybridized carbons (Fsp3) is 0.429. The summed E-state index contributed by atoms with van der Waals surface area (Å²) in [5.74, 6) is 0.244. The summed E-state index contributed by atoms with van der Waals surface area (Å²) >= 11 is 0. The molecule has 7 nitrogen and oxygen atoms in total. The standard InChI is InChI=1S/C14H18N4O3S/c15-7-8-16-14(19)11-5-3-9-18(11)13-10-4-1-2-6-12(10)22(20,21)17-13/h1-2,4,6,11H,3,5,7-9,15H2,(H,16,19). The summed E-state index contributed by atoms with van der Waals surface area (Å²) in [4.78, 5) is 14.2. The number of amides is 1. The van der Waals surface area contributed by atoms with Gasteiger partial charge in [-0.2, -0.15) is 8.42 Å². The number of sulfonamides is 1. The van der Waals surface area contributed by atoms with Crippen LogP contribution in [0.5, 0.6) is 0 Å². The molecule has 0 spiro atoms. The maximum absolute atomic E-state index is 12.2. The highest BCUT2D eigenvalue weighted by molar-refractivity contribution is 7.90. The molecular formula is C14H18N4O3S. The summed E-state index contributed by atoms with van der Waals surface area (Å²) in [7, 11) is -3.66. The lowest BCUT2D eigenvalue weighted by molar-refractivity contribution is -0.124. The fourth-order valence-electron chi connectivity index (χ4n) is 2.90. The van der Waals surface area contributed by atoms with E-state index in [4.69, 9.17) is 5.73 Å². The van der Waals surface area contributed by atoms with Crippen molar-refractivity contribution >= 4 is 21.8 Å². The topological polar surface area (TPSA) is 105 Å². The number of fused-ring (bicyclic) bond motifs is 1. The Hall–Kier alpha value is -1.93. The predicted molar refractivity (Wildman–Crippen MR) is 82.0 cm³/mol. The molecule has 2 heterocycles. The highest BCUT2D eigenvalue weighted by atomic mass is 32.2. The smallest absolute Gasteiger partial charge is 0.285 e. The van der Waals surface area contributed by atoms with Gasteiger partial charge in [0.2, 0.25) is 5.91 Å². The Bertz CT molecular complexity index is 729. The largest absolute Gasteiger partial charge is 0.353 e. The van der Waals surface area contributed by atoms with Crippen LogP contribution in [0.4, 0.5) is 0 Å². The molecule has 0 aromatic heterocycles. The van der Waals surface area contributed by atoms with Gasteiger partial charge in [0, 0.05) is 25.2 Å². The first-order valence-electron chi connectivity index (χ1n) is 7.23. The quantitative estimate of drug-likeness (QED) is 0.793.